The van der Waals surface area contributed by atoms with Crippen LogP contribution in [0.15, 0.2) is 29.3 Å². The molecular formula is C13H16N2O4. The van der Waals surface area contributed by atoms with Crippen molar-refractivity contribution >= 4 is 23.3 Å². The molecule has 1 rings (SSSR count). The summed E-state index contributed by atoms with van der Waals surface area (Å²) in [7, 11) is 0. The van der Waals surface area contributed by atoms with Crippen LogP contribution in [0, 0.1) is 6.92 Å². The van der Waals surface area contributed by atoms with Crippen molar-refractivity contribution in [2.75, 3.05) is 6.61 Å². The van der Waals surface area contributed by atoms with Crippen molar-refractivity contribution in [3.63, 3.8) is 0 Å². The van der Waals surface area contributed by atoms with Crippen LogP contribution in [0.25, 0.3) is 0 Å². The molecule has 0 aliphatic rings. The minimum Gasteiger partial charge on any atom is -0.480 e. The molecule has 102 valence electrons. The molecule has 6 nitrogen and oxygen atoms in total. The van der Waals surface area contributed by atoms with Crippen molar-refractivity contribution < 1.29 is 19.4 Å². The Balaban J connectivity index is 3.15. The Hall–Kier alpha value is -2.21. The smallest absolute Gasteiger partial charge is 0.354 e. The summed E-state index contributed by atoms with van der Waals surface area (Å²) < 4.78 is 4.76. The van der Waals surface area contributed by atoms with Crippen molar-refractivity contribution in [2.45, 2.75) is 19.9 Å². The summed E-state index contributed by atoms with van der Waals surface area (Å²) in [6, 6.07) is 5.47. The van der Waals surface area contributed by atoms with Gasteiger partial charge in [0.2, 0.25) is 0 Å². The zero-order valence-corrected chi connectivity index (χ0v) is 10.8. The third kappa shape index (κ3) is 4.18. The van der Waals surface area contributed by atoms with Crippen molar-refractivity contribution in [1.82, 2.24) is 0 Å². The van der Waals surface area contributed by atoms with E-state index in [9.17, 15) is 9.59 Å². The number of aliphatic imine (C=N–C) groups is 1. The largest absolute Gasteiger partial charge is 0.480 e. The molecule has 0 aliphatic heterocycles. The highest BCUT2D eigenvalue weighted by Gasteiger charge is 2.26. The maximum absolute atomic E-state index is 11.7. The topological polar surface area (TPSA) is 102 Å². The number of carbonyl (C=O) groups is 2. The number of ether oxygens (including phenoxy) is 1. The minimum atomic E-state index is -1.51. The van der Waals surface area contributed by atoms with Gasteiger partial charge in [0.1, 0.15) is 0 Å². The monoisotopic (exact) mass is 264 g/mol. The lowest BCUT2D eigenvalue weighted by atomic mass is 10.1. The van der Waals surface area contributed by atoms with Crippen LogP contribution < -0.4 is 5.73 Å². The summed E-state index contributed by atoms with van der Waals surface area (Å²) in [4.78, 5) is 26.6. The van der Waals surface area contributed by atoms with Crippen LogP contribution in [0.4, 0.5) is 5.69 Å². The van der Waals surface area contributed by atoms with E-state index in [0.29, 0.717) is 5.69 Å². The lowest BCUT2D eigenvalue weighted by Crippen LogP contribution is -2.43. The first-order chi connectivity index (χ1) is 8.95. The number of hydrogen-bond acceptors (Lipinski definition) is 5. The quantitative estimate of drug-likeness (QED) is 0.611. The van der Waals surface area contributed by atoms with E-state index < -0.39 is 18.0 Å². The van der Waals surface area contributed by atoms with Crippen molar-refractivity contribution in [2.24, 2.45) is 10.7 Å². The average molecular weight is 264 g/mol. The number of nitrogens with zero attached hydrogens (tertiary/aromatic N) is 1. The third-order valence-electron chi connectivity index (χ3n) is 2.30. The van der Waals surface area contributed by atoms with Gasteiger partial charge in [-0.1, -0.05) is 12.1 Å². The molecule has 3 N–H and O–H groups in total. The van der Waals surface area contributed by atoms with Crippen LogP contribution in [-0.4, -0.2) is 35.4 Å². The molecule has 0 heterocycles. The molecule has 1 atom stereocenters. The van der Waals surface area contributed by atoms with E-state index in [2.05, 4.69) is 4.99 Å². The van der Waals surface area contributed by atoms with E-state index in [1.807, 2.05) is 13.0 Å². The highest BCUT2D eigenvalue weighted by Crippen LogP contribution is 2.14. The first-order valence-electron chi connectivity index (χ1n) is 5.76. The highest BCUT2D eigenvalue weighted by molar-refractivity contribution is 6.42. The van der Waals surface area contributed by atoms with Crippen LogP contribution in [0.5, 0.6) is 0 Å². The molecule has 0 fully saturated rings. The number of rotatable bonds is 5. The molecule has 0 saturated carbocycles. The van der Waals surface area contributed by atoms with E-state index in [4.69, 9.17) is 15.6 Å². The molecule has 0 saturated heterocycles. The van der Waals surface area contributed by atoms with Gasteiger partial charge in [-0.25, -0.2) is 9.79 Å². The van der Waals surface area contributed by atoms with Gasteiger partial charge < -0.3 is 15.6 Å². The SMILES string of the molecule is CCOC(=O)C(=Nc1cccc(C)c1)C(N)C(=O)O. The Kier molecular flexibility index (Phi) is 5.20. The predicted molar refractivity (Wildman–Crippen MR) is 70.5 cm³/mol. The number of carboxylic acid groups (broad SMARTS) is 1. The second-order valence-electron chi connectivity index (χ2n) is 3.87. The molecule has 6 heteroatoms. The van der Waals surface area contributed by atoms with Crippen LogP contribution in [0.3, 0.4) is 0 Å². The van der Waals surface area contributed by atoms with E-state index in [-0.39, 0.29) is 12.3 Å². The number of aryl methyl sites for hydroxylation is 1. The van der Waals surface area contributed by atoms with Crippen LogP contribution in [0.2, 0.25) is 0 Å². The summed E-state index contributed by atoms with van der Waals surface area (Å²) in [5, 5.41) is 8.89. The van der Waals surface area contributed by atoms with Gasteiger partial charge in [-0.3, -0.25) is 4.79 Å². The van der Waals surface area contributed by atoms with Gasteiger partial charge >= 0.3 is 11.9 Å². The molecule has 0 bridgehead atoms. The third-order valence-corrected chi connectivity index (χ3v) is 2.30. The van der Waals surface area contributed by atoms with E-state index in [0.717, 1.165) is 5.56 Å². The molecule has 19 heavy (non-hydrogen) atoms. The van der Waals surface area contributed by atoms with Gasteiger partial charge in [-0.05, 0) is 31.5 Å². The van der Waals surface area contributed by atoms with Gasteiger partial charge in [-0.2, -0.15) is 0 Å². The fraction of sp³-hybridized carbons (Fsp3) is 0.308. The number of hydrogen-bond donors (Lipinski definition) is 2. The van der Waals surface area contributed by atoms with Crippen molar-refractivity contribution in [3.8, 4) is 0 Å². The molecule has 0 radical (unpaired) electrons. The molecule has 0 amide bonds. The molecule has 1 aromatic carbocycles. The van der Waals surface area contributed by atoms with E-state index in [1.54, 1.807) is 25.1 Å². The van der Waals surface area contributed by atoms with Gasteiger partial charge in [0, 0.05) is 0 Å². The average Bonchev–Trinajstić information content (AvgIpc) is 2.35. The summed E-state index contributed by atoms with van der Waals surface area (Å²) in [6.07, 6.45) is 0. The fourth-order valence-electron chi connectivity index (χ4n) is 1.40. The number of carbonyl (C=O) groups excluding carboxylic acids is 1. The molecule has 1 unspecified atom stereocenters. The Bertz CT molecular complexity index is 511. The fourth-order valence-corrected chi connectivity index (χ4v) is 1.40. The highest BCUT2D eigenvalue weighted by atomic mass is 16.5. The van der Waals surface area contributed by atoms with Crippen LogP contribution in [-0.2, 0) is 14.3 Å². The molecular weight excluding hydrogens is 248 g/mol. The van der Waals surface area contributed by atoms with Crippen LogP contribution >= 0.6 is 0 Å². The van der Waals surface area contributed by atoms with Gasteiger partial charge in [0.05, 0.1) is 12.3 Å². The van der Waals surface area contributed by atoms with Crippen LogP contribution in [0.1, 0.15) is 12.5 Å². The van der Waals surface area contributed by atoms with Gasteiger partial charge in [0.25, 0.3) is 0 Å². The summed E-state index contributed by atoms with van der Waals surface area (Å²) >= 11 is 0. The zero-order chi connectivity index (χ0) is 14.4. The Morgan fingerprint density at radius 2 is 2.16 bits per heavy atom. The second-order valence-corrected chi connectivity index (χ2v) is 3.87. The van der Waals surface area contributed by atoms with E-state index in [1.165, 1.54) is 0 Å². The first kappa shape index (κ1) is 14.8. The van der Waals surface area contributed by atoms with E-state index >= 15 is 0 Å². The number of nitrogens with two attached hydrogens (primary N) is 1. The number of esters is 1. The lowest BCUT2D eigenvalue weighted by molar-refractivity contribution is -0.140. The lowest BCUT2D eigenvalue weighted by Gasteiger charge is -2.10. The molecule has 0 spiro atoms. The molecule has 1 aromatic rings. The normalized spacial score (nSPS) is 12.9. The summed E-state index contributed by atoms with van der Waals surface area (Å²) in [6.45, 7) is 3.60. The Morgan fingerprint density at radius 3 is 2.68 bits per heavy atom. The number of benzene rings is 1. The summed E-state index contributed by atoms with van der Waals surface area (Å²) in [5.74, 6) is -2.15. The molecule has 0 aliphatic carbocycles. The summed E-state index contributed by atoms with van der Waals surface area (Å²) in [5.41, 5.74) is 6.52. The number of aliphatic carboxylic acids is 1. The minimum absolute atomic E-state index is 0.123. The zero-order valence-electron chi connectivity index (χ0n) is 10.8. The standard InChI is InChI=1S/C13H16N2O4/c1-3-19-13(18)11(10(14)12(16)17)15-9-6-4-5-8(2)7-9/h4-7,10H,3,14H2,1-2H3,(H,16,17). The maximum atomic E-state index is 11.7. The van der Waals surface area contributed by atoms with Crippen molar-refractivity contribution in [1.29, 1.82) is 0 Å². The molecule has 0 aromatic heterocycles. The maximum Gasteiger partial charge on any atom is 0.354 e. The second kappa shape index (κ2) is 6.65. The van der Waals surface area contributed by atoms with Gasteiger partial charge in [-0.15, -0.1) is 0 Å². The predicted octanol–water partition coefficient (Wildman–Crippen LogP) is 1.04. The Labute approximate surface area is 110 Å². The van der Waals surface area contributed by atoms with Gasteiger partial charge in [0.15, 0.2) is 11.8 Å². The first-order valence-corrected chi connectivity index (χ1v) is 5.76. The Morgan fingerprint density at radius 1 is 1.47 bits per heavy atom. The number of carboxylic acids is 1. The van der Waals surface area contributed by atoms with Crippen molar-refractivity contribution in [3.05, 3.63) is 29.8 Å².